The summed E-state index contributed by atoms with van der Waals surface area (Å²) in [4.78, 5) is 17.5. The van der Waals surface area contributed by atoms with Crippen LogP contribution in [0.15, 0.2) is 24.3 Å². The van der Waals surface area contributed by atoms with Crippen molar-refractivity contribution in [3.8, 4) is 0 Å². The summed E-state index contributed by atoms with van der Waals surface area (Å²) in [5.41, 5.74) is 1.55. The Balaban J connectivity index is 2.32. The molecule has 0 fully saturated rings. The predicted octanol–water partition coefficient (Wildman–Crippen LogP) is 3.17. The second-order valence-electron chi connectivity index (χ2n) is 3.60. The topological polar surface area (TPSA) is 33.2 Å². The highest BCUT2D eigenvalue weighted by Crippen LogP contribution is 2.29. The van der Waals surface area contributed by atoms with Gasteiger partial charge >= 0.3 is 0 Å². The third-order valence-corrected chi connectivity index (χ3v) is 3.59. The molecule has 0 aliphatic heterocycles. The van der Waals surface area contributed by atoms with Gasteiger partial charge in [-0.1, -0.05) is 11.3 Å². The summed E-state index contributed by atoms with van der Waals surface area (Å²) < 4.78 is 12.8. The molecule has 17 heavy (non-hydrogen) atoms. The van der Waals surface area contributed by atoms with Crippen LogP contribution in [0.25, 0.3) is 0 Å². The molecule has 3 nitrogen and oxygen atoms in total. The standard InChI is InChI=1S/C12H11FN2OS/c1-8-11(7-16)17-12(14-8)15(2)10-5-3-9(13)4-6-10/h3-7H,1-2H3. The lowest BCUT2D eigenvalue weighted by molar-refractivity contribution is 0.112. The van der Waals surface area contributed by atoms with Crippen LogP contribution < -0.4 is 4.90 Å². The van der Waals surface area contributed by atoms with E-state index in [1.807, 2.05) is 11.9 Å². The molecule has 0 aliphatic carbocycles. The molecule has 0 unspecified atom stereocenters. The highest BCUT2D eigenvalue weighted by Gasteiger charge is 2.11. The van der Waals surface area contributed by atoms with Crippen molar-refractivity contribution < 1.29 is 9.18 Å². The van der Waals surface area contributed by atoms with Gasteiger partial charge < -0.3 is 4.90 Å². The molecule has 0 aliphatic rings. The summed E-state index contributed by atoms with van der Waals surface area (Å²) in [5.74, 6) is -0.272. The SMILES string of the molecule is Cc1nc(N(C)c2ccc(F)cc2)sc1C=O. The van der Waals surface area contributed by atoms with E-state index in [4.69, 9.17) is 0 Å². The molecule has 5 heteroatoms. The van der Waals surface area contributed by atoms with E-state index < -0.39 is 0 Å². The first-order valence-electron chi connectivity index (χ1n) is 5.03. The number of thiazole rings is 1. The Morgan fingerprint density at radius 1 is 1.35 bits per heavy atom. The monoisotopic (exact) mass is 250 g/mol. The minimum absolute atomic E-state index is 0.272. The number of benzene rings is 1. The first-order valence-corrected chi connectivity index (χ1v) is 5.85. The highest BCUT2D eigenvalue weighted by molar-refractivity contribution is 7.17. The van der Waals surface area contributed by atoms with Gasteiger partial charge in [-0.3, -0.25) is 4.79 Å². The number of hydrogen-bond acceptors (Lipinski definition) is 4. The average Bonchev–Trinajstić information content (AvgIpc) is 2.70. The van der Waals surface area contributed by atoms with Crippen LogP contribution in [0, 0.1) is 12.7 Å². The fraction of sp³-hybridized carbons (Fsp3) is 0.167. The van der Waals surface area contributed by atoms with Crippen LogP contribution in [0.2, 0.25) is 0 Å². The number of aldehydes is 1. The zero-order valence-electron chi connectivity index (χ0n) is 9.48. The van der Waals surface area contributed by atoms with Crippen molar-refractivity contribution in [1.29, 1.82) is 0 Å². The number of aromatic nitrogens is 1. The van der Waals surface area contributed by atoms with Crippen molar-refractivity contribution in [3.05, 3.63) is 40.7 Å². The lowest BCUT2D eigenvalue weighted by atomic mass is 10.3. The number of rotatable bonds is 3. The number of anilines is 2. The second-order valence-corrected chi connectivity index (χ2v) is 4.61. The summed E-state index contributed by atoms with van der Waals surface area (Å²) in [6.07, 6.45) is 0.801. The summed E-state index contributed by atoms with van der Waals surface area (Å²) in [5, 5.41) is 0.719. The Kier molecular flexibility index (Phi) is 3.19. The minimum atomic E-state index is -0.272. The van der Waals surface area contributed by atoms with Crippen LogP contribution in [0.1, 0.15) is 15.4 Å². The molecule has 1 aromatic heterocycles. The first-order chi connectivity index (χ1) is 8.11. The number of hydrogen-bond donors (Lipinski definition) is 0. The molecule has 0 saturated heterocycles. The first kappa shape index (κ1) is 11.7. The Bertz CT molecular complexity index is 536. The Morgan fingerprint density at radius 2 is 2.00 bits per heavy atom. The van der Waals surface area contributed by atoms with Gasteiger partial charge in [0.25, 0.3) is 0 Å². The van der Waals surface area contributed by atoms with Crippen molar-refractivity contribution in [2.45, 2.75) is 6.92 Å². The molecule has 0 N–H and O–H groups in total. The van der Waals surface area contributed by atoms with E-state index in [0.717, 1.165) is 17.1 Å². The summed E-state index contributed by atoms with van der Waals surface area (Å²) >= 11 is 1.32. The van der Waals surface area contributed by atoms with Gasteiger partial charge in [0, 0.05) is 12.7 Å². The minimum Gasteiger partial charge on any atom is -0.321 e. The normalized spacial score (nSPS) is 10.3. The van der Waals surface area contributed by atoms with Crippen molar-refractivity contribution in [2.24, 2.45) is 0 Å². The third kappa shape index (κ3) is 2.34. The quantitative estimate of drug-likeness (QED) is 0.784. The van der Waals surface area contributed by atoms with Crippen LogP contribution in [0.5, 0.6) is 0 Å². The van der Waals surface area contributed by atoms with Crippen LogP contribution in [-0.4, -0.2) is 18.3 Å². The number of nitrogens with zero attached hydrogens (tertiary/aromatic N) is 2. The van der Waals surface area contributed by atoms with E-state index in [2.05, 4.69) is 4.98 Å². The number of halogens is 1. The van der Waals surface area contributed by atoms with E-state index in [1.54, 1.807) is 19.1 Å². The number of carbonyl (C=O) groups excluding carboxylic acids is 1. The molecule has 88 valence electrons. The van der Waals surface area contributed by atoms with E-state index in [1.165, 1.54) is 23.5 Å². The predicted molar refractivity (Wildman–Crippen MR) is 66.7 cm³/mol. The van der Waals surface area contributed by atoms with Crippen LogP contribution >= 0.6 is 11.3 Å². The Labute approximate surface area is 103 Å². The van der Waals surface area contributed by atoms with Crippen molar-refractivity contribution >= 4 is 28.4 Å². The van der Waals surface area contributed by atoms with Crippen LogP contribution in [0.4, 0.5) is 15.2 Å². The molecule has 0 radical (unpaired) electrons. The van der Waals surface area contributed by atoms with Gasteiger partial charge in [0.1, 0.15) is 5.82 Å². The molecular weight excluding hydrogens is 239 g/mol. The van der Waals surface area contributed by atoms with Crippen molar-refractivity contribution in [3.63, 3.8) is 0 Å². The van der Waals surface area contributed by atoms with E-state index in [9.17, 15) is 9.18 Å². The molecule has 0 bridgehead atoms. The fourth-order valence-electron chi connectivity index (χ4n) is 1.42. The van der Waals surface area contributed by atoms with Gasteiger partial charge in [-0.25, -0.2) is 9.37 Å². The number of carbonyl (C=O) groups is 1. The van der Waals surface area contributed by atoms with Gasteiger partial charge in [-0.2, -0.15) is 0 Å². The molecule has 0 saturated carbocycles. The van der Waals surface area contributed by atoms with E-state index >= 15 is 0 Å². The van der Waals surface area contributed by atoms with Crippen LogP contribution in [-0.2, 0) is 0 Å². The second kappa shape index (κ2) is 4.63. The maximum atomic E-state index is 12.8. The van der Waals surface area contributed by atoms with E-state index in [-0.39, 0.29) is 5.82 Å². The lowest BCUT2D eigenvalue weighted by Gasteiger charge is -2.15. The maximum absolute atomic E-state index is 12.8. The third-order valence-electron chi connectivity index (χ3n) is 2.43. The molecule has 2 rings (SSSR count). The molecule has 0 amide bonds. The number of aryl methyl sites for hydroxylation is 1. The lowest BCUT2D eigenvalue weighted by Crippen LogP contribution is -2.08. The van der Waals surface area contributed by atoms with Crippen molar-refractivity contribution in [2.75, 3.05) is 11.9 Å². The molecule has 1 aromatic carbocycles. The zero-order valence-corrected chi connectivity index (χ0v) is 10.3. The van der Waals surface area contributed by atoms with Gasteiger partial charge in [0.2, 0.25) is 0 Å². The summed E-state index contributed by atoms with van der Waals surface area (Å²) in [6, 6.07) is 6.14. The van der Waals surface area contributed by atoms with Gasteiger partial charge in [0.15, 0.2) is 11.4 Å². The summed E-state index contributed by atoms with van der Waals surface area (Å²) in [7, 11) is 1.83. The smallest absolute Gasteiger partial charge is 0.190 e. The van der Waals surface area contributed by atoms with Gasteiger partial charge in [0.05, 0.1) is 10.6 Å². The highest BCUT2D eigenvalue weighted by atomic mass is 32.1. The fourth-order valence-corrected chi connectivity index (χ4v) is 2.28. The average molecular weight is 250 g/mol. The summed E-state index contributed by atoms with van der Waals surface area (Å²) in [6.45, 7) is 1.79. The van der Waals surface area contributed by atoms with Gasteiger partial charge in [-0.15, -0.1) is 0 Å². The molecule has 0 spiro atoms. The largest absolute Gasteiger partial charge is 0.321 e. The van der Waals surface area contributed by atoms with Crippen molar-refractivity contribution in [1.82, 2.24) is 4.98 Å². The van der Waals surface area contributed by atoms with Crippen LogP contribution in [0.3, 0.4) is 0 Å². The molecular formula is C12H11FN2OS. The molecule has 0 atom stereocenters. The van der Waals surface area contributed by atoms with E-state index in [0.29, 0.717) is 10.6 Å². The molecule has 2 aromatic rings. The Hall–Kier alpha value is -1.75. The van der Waals surface area contributed by atoms with Gasteiger partial charge in [-0.05, 0) is 31.2 Å². The molecule has 1 heterocycles. The Morgan fingerprint density at radius 3 is 2.53 bits per heavy atom. The zero-order chi connectivity index (χ0) is 12.4. The maximum Gasteiger partial charge on any atom is 0.190 e.